The number of hydrogen-bond donors (Lipinski definition) is 2. The fourth-order valence-electron chi connectivity index (χ4n) is 2.44. The number of benzene rings is 2. The highest BCUT2D eigenvalue weighted by molar-refractivity contribution is 5.90. The van der Waals surface area contributed by atoms with Gasteiger partial charge in [-0.05, 0) is 36.4 Å². The summed E-state index contributed by atoms with van der Waals surface area (Å²) < 4.78 is 24.4. The topological polar surface area (TPSA) is 107 Å². The van der Waals surface area contributed by atoms with Gasteiger partial charge >= 0.3 is 0 Å². The van der Waals surface area contributed by atoms with Crippen LogP contribution in [0.1, 0.15) is 12.3 Å². The van der Waals surface area contributed by atoms with Crippen molar-refractivity contribution >= 4 is 17.5 Å². The quantitative estimate of drug-likeness (QED) is 0.622. The third kappa shape index (κ3) is 5.16. The van der Waals surface area contributed by atoms with Gasteiger partial charge in [-0.2, -0.15) is 0 Å². The molecule has 0 saturated carbocycles. The minimum absolute atomic E-state index is 0.150. The largest absolute Gasteiger partial charge is 0.484 e. The number of rotatable bonds is 8. The molecule has 0 spiro atoms. The molecule has 2 amide bonds. The summed E-state index contributed by atoms with van der Waals surface area (Å²) in [5, 5.41) is 2.74. The summed E-state index contributed by atoms with van der Waals surface area (Å²) >= 11 is 0. The lowest BCUT2D eigenvalue weighted by molar-refractivity contribution is -0.120. The number of nitrogens with one attached hydrogen (secondary N) is 1. The van der Waals surface area contributed by atoms with Gasteiger partial charge in [-0.15, -0.1) is 0 Å². The van der Waals surface area contributed by atoms with Gasteiger partial charge in [-0.1, -0.05) is 12.1 Å². The lowest BCUT2D eigenvalue weighted by atomic mass is 10.2. The molecule has 2 aromatic carbocycles. The van der Waals surface area contributed by atoms with Crippen LogP contribution in [-0.2, 0) is 16.0 Å². The van der Waals surface area contributed by atoms with Crippen molar-refractivity contribution in [2.24, 2.45) is 5.73 Å². The van der Waals surface area contributed by atoms with Crippen LogP contribution in [0.2, 0.25) is 0 Å². The van der Waals surface area contributed by atoms with Gasteiger partial charge < -0.3 is 20.2 Å². The molecule has 8 heteroatoms. The third-order valence-electron chi connectivity index (χ3n) is 3.78. The van der Waals surface area contributed by atoms with Crippen LogP contribution in [0.3, 0.4) is 0 Å². The molecule has 0 fully saturated rings. The fourth-order valence-corrected chi connectivity index (χ4v) is 2.44. The number of amides is 2. The van der Waals surface area contributed by atoms with Crippen molar-refractivity contribution in [1.29, 1.82) is 0 Å². The summed E-state index contributed by atoms with van der Waals surface area (Å²) in [5.41, 5.74) is 5.91. The van der Waals surface area contributed by atoms with E-state index < -0.39 is 11.7 Å². The van der Waals surface area contributed by atoms with E-state index in [0.29, 0.717) is 28.7 Å². The first-order chi connectivity index (χ1) is 13.5. The molecule has 0 atom stereocenters. The minimum Gasteiger partial charge on any atom is -0.484 e. The van der Waals surface area contributed by atoms with Crippen molar-refractivity contribution in [2.45, 2.75) is 12.8 Å². The predicted molar refractivity (Wildman–Crippen MR) is 100.0 cm³/mol. The highest BCUT2D eigenvalue weighted by Crippen LogP contribution is 2.23. The molecule has 1 heterocycles. The third-order valence-corrected chi connectivity index (χ3v) is 3.78. The van der Waals surface area contributed by atoms with Crippen LogP contribution in [-0.4, -0.2) is 23.4 Å². The summed E-state index contributed by atoms with van der Waals surface area (Å²) in [5.74, 6) is -0.0503. The Morgan fingerprint density at radius 2 is 1.89 bits per heavy atom. The Morgan fingerprint density at radius 3 is 2.61 bits per heavy atom. The van der Waals surface area contributed by atoms with Crippen LogP contribution < -0.4 is 15.8 Å². The van der Waals surface area contributed by atoms with E-state index in [-0.39, 0.29) is 25.4 Å². The van der Waals surface area contributed by atoms with Crippen molar-refractivity contribution in [3.63, 3.8) is 0 Å². The number of anilines is 1. The maximum Gasteiger partial charge on any atom is 0.255 e. The number of primary amides is 1. The van der Waals surface area contributed by atoms with Gasteiger partial charge in [0.25, 0.3) is 5.91 Å². The molecular formula is C20H18FN3O4. The molecule has 0 bridgehead atoms. The smallest absolute Gasteiger partial charge is 0.255 e. The Morgan fingerprint density at radius 1 is 1.14 bits per heavy atom. The second-order valence-electron chi connectivity index (χ2n) is 5.93. The Kier molecular flexibility index (Phi) is 6.01. The van der Waals surface area contributed by atoms with E-state index in [9.17, 15) is 14.0 Å². The first kappa shape index (κ1) is 19.1. The van der Waals surface area contributed by atoms with Crippen molar-refractivity contribution in [3.8, 4) is 17.1 Å². The van der Waals surface area contributed by atoms with Crippen LogP contribution >= 0.6 is 0 Å². The molecule has 144 valence electrons. The van der Waals surface area contributed by atoms with Gasteiger partial charge in [0.15, 0.2) is 18.3 Å². The highest BCUT2D eigenvalue weighted by atomic mass is 19.1. The molecule has 3 aromatic rings. The molecule has 0 aliphatic heterocycles. The number of ether oxygens (including phenoxy) is 1. The van der Waals surface area contributed by atoms with Gasteiger partial charge in [-0.3, -0.25) is 9.59 Å². The maximum absolute atomic E-state index is 13.8. The van der Waals surface area contributed by atoms with Gasteiger partial charge in [-0.25, -0.2) is 9.37 Å². The lowest BCUT2D eigenvalue weighted by Crippen LogP contribution is -2.20. The molecule has 0 aliphatic carbocycles. The van der Waals surface area contributed by atoms with Crippen molar-refractivity contribution in [3.05, 3.63) is 66.4 Å². The van der Waals surface area contributed by atoms with Crippen LogP contribution in [0.25, 0.3) is 11.3 Å². The average molecular weight is 383 g/mol. The minimum atomic E-state index is -0.568. The summed E-state index contributed by atoms with van der Waals surface area (Å²) in [6, 6.07) is 12.8. The predicted octanol–water partition coefficient (Wildman–Crippen LogP) is 2.92. The number of carbonyl (C=O) groups excluding carboxylic acids is 2. The average Bonchev–Trinajstić information content (AvgIpc) is 3.15. The Balaban J connectivity index is 1.51. The lowest BCUT2D eigenvalue weighted by Gasteiger charge is -2.07. The van der Waals surface area contributed by atoms with E-state index in [1.54, 1.807) is 42.5 Å². The molecular weight excluding hydrogens is 365 g/mol. The standard InChI is InChI=1S/C20H18FN3O4/c21-16-4-2-1-3-15(16)17-11-23-20(28-17)10-9-19(26)24-13-5-7-14(8-6-13)27-12-18(22)25/h1-8,11H,9-10,12H2,(H2,22,25)(H,24,26). The SMILES string of the molecule is NC(=O)COc1ccc(NC(=O)CCc2ncc(-c3ccccc3F)o2)cc1. The molecule has 0 aliphatic rings. The molecule has 0 saturated heterocycles. The van der Waals surface area contributed by atoms with Gasteiger partial charge in [0.1, 0.15) is 11.6 Å². The number of oxazole rings is 1. The van der Waals surface area contributed by atoms with Crippen molar-refractivity contribution in [1.82, 2.24) is 4.98 Å². The van der Waals surface area contributed by atoms with Crippen LogP contribution in [0.5, 0.6) is 5.75 Å². The zero-order valence-corrected chi connectivity index (χ0v) is 14.9. The second-order valence-corrected chi connectivity index (χ2v) is 5.93. The number of carbonyl (C=O) groups is 2. The Labute approximate surface area is 160 Å². The number of hydrogen-bond acceptors (Lipinski definition) is 5. The summed E-state index contributed by atoms with van der Waals surface area (Å²) in [6.45, 7) is -0.212. The van der Waals surface area contributed by atoms with E-state index >= 15 is 0 Å². The molecule has 1 aromatic heterocycles. The van der Waals surface area contributed by atoms with E-state index in [4.69, 9.17) is 14.9 Å². The molecule has 3 rings (SSSR count). The van der Waals surface area contributed by atoms with Crippen LogP contribution in [0.15, 0.2) is 59.1 Å². The number of halogens is 1. The molecule has 7 nitrogen and oxygen atoms in total. The highest BCUT2D eigenvalue weighted by Gasteiger charge is 2.12. The summed E-state index contributed by atoms with van der Waals surface area (Å²) in [7, 11) is 0. The Bertz CT molecular complexity index is 970. The molecule has 28 heavy (non-hydrogen) atoms. The number of nitrogens with two attached hydrogens (primary N) is 1. The van der Waals surface area contributed by atoms with Gasteiger partial charge in [0.05, 0.1) is 11.8 Å². The summed E-state index contributed by atoms with van der Waals surface area (Å²) in [6.07, 6.45) is 1.87. The Hall–Kier alpha value is -3.68. The fraction of sp³-hybridized carbons (Fsp3) is 0.150. The molecule has 3 N–H and O–H groups in total. The second kappa shape index (κ2) is 8.81. The zero-order chi connectivity index (χ0) is 19.9. The van der Waals surface area contributed by atoms with E-state index in [2.05, 4.69) is 10.3 Å². The van der Waals surface area contributed by atoms with E-state index in [1.165, 1.54) is 12.3 Å². The molecule has 0 unspecified atom stereocenters. The molecule has 0 radical (unpaired) electrons. The van der Waals surface area contributed by atoms with Crippen molar-refractivity contribution < 1.29 is 23.1 Å². The number of aromatic nitrogens is 1. The van der Waals surface area contributed by atoms with Crippen molar-refractivity contribution in [2.75, 3.05) is 11.9 Å². The van der Waals surface area contributed by atoms with Gasteiger partial charge in [0, 0.05) is 18.5 Å². The number of aryl methyl sites for hydroxylation is 1. The van der Waals surface area contributed by atoms with E-state index in [1.807, 2.05) is 0 Å². The number of nitrogens with zero attached hydrogens (tertiary/aromatic N) is 1. The van der Waals surface area contributed by atoms with Crippen LogP contribution in [0, 0.1) is 5.82 Å². The normalized spacial score (nSPS) is 10.5. The monoisotopic (exact) mass is 383 g/mol. The first-order valence-corrected chi connectivity index (χ1v) is 8.52. The van der Waals surface area contributed by atoms with Crippen LogP contribution in [0.4, 0.5) is 10.1 Å². The maximum atomic E-state index is 13.8. The summed E-state index contributed by atoms with van der Waals surface area (Å²) in [4.78, 5) is 26.9. The van der Waals surface area contributed by atoms with E-state index in [0.717, 1.165) is 0 Å². The first-order valence-electron chi connectivity index (χ1n) is 8.52. The zero-order valence-electron chi connectivity index (χ0n) is 14.9. The van der Waals surface area contributed by atoms with Gasteiger partial charge in [0.2, 0.25) is 5.91 Å².